The van der Waals surface area contributed by atoms with E-state index in [1.54, 1.807) is 6.92 Å². The van der Waals surface area contributed by atoms with Gasteiger partial charge in [0.2, 0.25) is 10.0 Å². The van der Waals surface area contributed by atoms with Crippen molar-refractivity contribution in [2.45, 2.75) is 31.2 Å². The van der Waals surface area contributed by atoms with Crippen LogP contribution in [0.25, 0.3) is 0 Å². The lowest BCUT2D eigenvalue weighted by molar-refractivity contribution is 0.0958. The Morgan fingerprint density at radius 3 is 2.45 bits per heavy atom. The van der Waals surface area contributed by atoms with E-state index in [2.05, 4.69) is 16.0 Å². The largest absolute Gasteiger partial charge is 0.341 e. The molecule has 1 aromatic carbocycles. The minimum Gasteiger partial charge on any atom is -0.341 e. The minimum atomic E-state index is -3.55. The average molecular weight is 294 g/mol. The van der Waals surface area contributed by atoms with E-state index in [1.807, 2.05) is 6.92 Å². The van der Waals surface area contributed by atoms with Crippen molar-refractivity contribution in [2.24, 2.45) is 0 Å². The van der Waals surface area contributed by atoms with E-state index in [4.69, 9.17) is 6.42 Å². The fraction of sp³-hybridized carbons (Fsp3) is 0.357. The number of carbonyl (C=O) groups excluding carboxylic acids is 1. The zero-order valence-electron chi connectivity index (χ0n) is 11.5. The van der Waals surface area contributed by atoms with Gasteiger partial charge in [0.1, 0.15) is 0 Å². The fourth-order valence-corrected chi connectivity index (χ4v) is 2.76. The number of terminal acetylenes is 1. The molecule has 0 aliphatic carbocycles. The number of benzene rings is 1. The van der Waals surface area contributed by atoms with Crippen LogP contribution in [0.1, 0.15) is 30.6 Å². The lowest BCUT2D eigenvalue weighted by Crippen LogP contribution is -2.32. The Morgan fingerprint density at radius 1 is 1.35 bits per heavy atom. The van der Waals surface area contributed by atoms with E-state index in [-0.39, 0.29) is 23.4 Å². The van der Waals surface area contributed by atoms with Gasteiger partial charge in [-0.15, -0.1) is 6.42 Å². The topological polar surface area (TPSA) is 75.3 Å². The third-order valence-electron chi connectivity index (χ3n) is 2.75. The van der Waals surface area contributed by atoms with Crippen LogP contribution in [-0.2, 0) is 10.0 Å². The zero-order valence-corrected chi connectivity index (χ0v) is 12.3. The lowest BCUT2D eigenvalue weighted by Gasteiger charge is -2.12. The summed E-state index contributed by atoms with van der Waals surface area (Å²) in [5.41, 5.74) is 0.364. The van der Waals surface area contributed by atoms with Crippen molar-refractivity contribution in [1.82, 2.24) is 10.0 Å². The highest BCUT2D eigenvalue weighted by atomic mass is 32.2. The number of nitrogens with one attached hydrogen (secondary N) is 2. The highest BCUT2D eigenvalue weighted by molar-refractivity contribution is 7.89. The van der Waals surface area contributed by atoms with E-state index in [0.717, 1.165) is 0 Å². The number of carbonyl (C=O) groups is 1. The first-order chi connectivity index (χ1) is 9.40. The molecule has 1 unspecified atom stereocenters. The number of hydrogen-bond donors (Lipinski definition) is 2. The van der Waals surface area contributed by atoms with Crippen molar-refractivity contribution in [2.75, 3.05) is 6.54 Å². The van der Waals surface area contributed by atoms with Crippen molar-refractivity contribution in [3.8, 4) is 12.3 Å². The molecular weight excluding hydrogens is 276 g/mol. The molecule has 0 bridgehead atoms. The Hall–Kier alpha value is -1.84. The third kappa shape index (κ3) is 4.37. The van der Waals surface area contributed by atoms with Gasteiger partial charge in [-0.25, -0.2) is 13.1 Å². The molecule has 0 aliphatic heterocycles. The van der Waals surface area contributed by atoms with Gasteiger partial charge in [0.05, 0.1) is 11.4 Å². The highest BCUT2D eigenvalue weighted by Gasteiger charge is 2.16. The van der Waals surface area contributed by atoms with Crippen LogP contribution in [0, 0.1) is 12.3 Å². The van der Waals surface area contributed by atoms with E-state index in [0.29, 0.717) is 12.0 Å². The van der Waals surface area contributed by atoms with Gasteiger partial charge in [0, 0.05) is 11.6 Å². The van der Waals surface area contributed by atoms with E-state index < -0.39 is 10.0 Å². The van der Waals surface area contributed by atoms with E-state index in [1.165, 1.54) is 24.3 Å². The molecule has 0 spiro atoms. The first-order valence-electron chi connectivity index (χ1n) is 6.24. The van der Waals surface area contributed by atoms with Gasteiger partial charge in [-0.3, -0.25) is 4.79 Å². The zero-order chi connectivity index (χ0) is 15.2. The normalized spacial score (nSPS) is 12.4. The van der Waals surface area contributed by atoms with Crippen LogP contribution in [0.2, 0.25) is 0 Å². The summed E-state index contributed by atoms with van der Waals surface area (Å²) in [6, 6.07) is 5.57. The standard InChI is InChI=1S/C14H18N2O3S/c1-4-10-15-14(17)12-6-8-13(9-7-12)20(18,19)16-11(3)5-2/h1,6-9,11,16H,5,10H2,2-3H3,(H,15,17). The molecule has 1 rings (SSSR count). The Balaban J connectivity index is 2.86. The van der Waals surface area contributed by atoms with Crippen molar-refractivity contribution in [3.05, 3.63) is 29.8 Å². The first-order valence-corrected chi connectivity index (χ1v) is 7.73. The molecule has 20 heavy (non-hydrogen) atoms. The molecule has 1 atom stereocenters. The minimum absolute atomic E-state index is 0.131. The van der Waals surface area contributed by atoms with E-state index >= 15 is 0 Å². The van der Waals surface area contributed by atoms with Crippen molar-refractivity contribution in [1.29, 1.82) is 0 Å². The van der Waals surface area contributed by atoms with Crippen LogP contribution in [-0.4, -0.2) is 26.9 Å². The molecular formula is C14H18N2O3S. The predicted octanol–water partition coefficient (Wildman–Crippen LogP) is 1.13. The average Bonchev–Trinajstić information content (AvgIpc) is 2.44. The SMILES string of the molecule is C#CCNC(=O)c1ccc(S(=O)(=O)NC(C)CC)cc1. The Kier molecular flexibility index (Phi) is 5.74. The third-order valence-corrected chi connectivity index (χ3v) is 4.35. The molecule has 108 valence electrons. The van der Waals surface area contributed by atoms with Crippen LogP contribution in [0.5, 0.6) is 0 Å². The Morgan fingerprint density at radius 2 is 1.95 bits per heavy atom. The van der Waals surface area contributed by atoms with Crippen LogP contribution in [0.3, 0.4) is 0 Å². The Labute approximate surface area is 119 Å². The maximum atomic E-state index is 12.0. The molecule has 5 nitrogen and oxygen atoms in total. The molecule has 0 heterocycles. The van der Waals surface area contributed by atoms with Crippen LogP contribution >= 0.6 is 0 Å². The summed E-state index contributed by atoms with van der Waals surface area (Å²) in [5, 5.41) is 2.51. The summed E-state index contributed by atoms with van der Waals surface area (Å²) < 4.78 is 26.6. The number of hydrogen-bond acceptors (Lipinski definition) is 3. The first kappa shape index (κ1) is 16.2. The van der Waals surface area contributed by atoms with Crippen molar-refractivity contribution in [3.63, 3.8) is 0 Å². The summed E-state index contributed by atoms with van der Waals surface area (Å²) in [7, 11) is -3.55. The van der Waals surface area contributed by atoms with Crippen LogP contribution in [0.15, 0.2) is 29.2 Å². The van der Waals surface area contributed by atoms with Gasteiger partial charge in [-0.2, -0.15) is 0 Å². The fourth-order valence-electron chi connectivity index (χ4n) is 1.44. The summed E-state index contributed by atoms with van der Waals surface area (Å²) in [5.74, 6) is 1.96. The van der Waals surface area contributed by atoms with Crippen LogP contribution in [0.4, 0.5) is 0 Å². The van der Waals surface area contributed by atoms with Gasteiger partial charge >= 0.3 is 0 Å². The maximum absolute atomic E-state index is 12.0. The molecule has 0 saturated carbocycles. The summed E-state index contributed by atoms with van der Waals surface area (Å²) in [6.07, 6.45) is 5.74. The van der Waals surface area contributed by atoms with Gasteiger partial charge < -0.3 is 5.32 Å². The highest BCUT2D eigenvalue weighted by Crippen LogP contribution is 2.11. The van der Waals surface area contributed by atoms with Crippen molar-refractivity contribution >= 4 is 15.9 Å². The molecule has 6 heteroatoms. The molecule has 0 aromatic heterocycles. The van der Waals surface area contributed by atoms with E-state index in [9.17, 15) is 13.2 Å². The number of sulfonamides is 1. The monoisotopic (exact) mass is 294 g/mol. The van der Waals surface area contributed by atoms with Crippen LogP contribution < -0.4 is 10.0 Å². The summed E-state index contributed by atoms with van der Waals surface area (Å²) in [4.78, 5) is 11.7. The Bertz CT molecular complexity index is 600. The van der Waals surface area contributed by atoms with Gasteiger partial charge in [-0.05, 0) is 37.6 Å². The summed E-state index contributed by atoms with van der Waals surface area (Å²) >= 11 is 0. The molecule has 1 aromatic rings. The van der Waals surface area contributed by atoms with Gasteiger partial charge in [0.15, 0.2) is 0 Å². The second-order valence-corrected chi connectivity index (χ2v) is 6.06. The second kappa shape index (κ2) is 7.08. The molecule has 1 amide bonds. The number of amides is 1. The lowest BCUT2D eigenvalue weighted by atomic mass is 10.2. The molecule has 0 fully saturated rings. The van der Waals surface area contributed by atoms with Gasteiger partial charge in [0.25, 0.3) is 5.91 Å². The quantitative estimate of drug-likeness (QED) is 0.772. The summed E-state index contributed by atoms with van der Waals surface area (Å²) in [6.45, 7) is 3.82. The number of rotatable bonds is 6. The molecule has 2 N–H and O–H groups in total. The van der Waals surface area contributed by atoms with Gasteiger partial charge in [-0.1, -0.05) is 12.8 Å². The predicted molar refractivity (Wildman–Crippen MR) is 77.7 cm³/mol. The molecule has 0 saturated heterocycles. The smallest absolute Gasteiger partial charge is 0.252 e. The maximum Gasteiger partial charge on any atom is 0.252 e. The van der Waals surface area contributed by atoms with Crippen molar-refractivity contribution < 1.29 is 13.2 Å². The molecule has 0 radical (unpaired) electrons. The molecule has 0 aliphatic rings. The second-order valence-electron chi connectivity index (χ2n) is 4.34.